The monoisotopic (exact) mass is 266 g/mol. The summed E-state index contributed by atoms with van der Waals surface area (Å²) in [5, 5.41) is 0. The van der Waals surface area contributed by atoms with Crippen LogP contribution < -0.4 is 5.73 Å². The molecule has 1 heterocycles. The predicted molar refractivity (Wildman–Crippen MR) is 83.5 cm³/mol. The zero-order chi connectivity index (χ0) is 13.8. The Balaban J connectivity index is 1.74. The van der Waals surface area contributed by atoms with Crippen molar-refractivity contribution < 1.29 is 0 Å². The second-order valence-corrected chi connectivity index (χ2v) is 5.54. The number of nitrogens with zero attached hydrogens (tertiary/aromatic N) is 1. The van der Waals surface area contributed by atoms with Gasteiger partial charge < -0.3 is 5.73 Å². The third-order valence-electron chi connectivity index (χ3n) is 4.14. The average Bonchev–Trinajstić information content (AvgIpc) is 2.49. The van der Waals surface area contributed by atoms with Gasteiger partial charge in [0, 0.05) is 19.6 Å². The molecule has 1 aliphatic heterocycles. The molecule has 104 valence electrons. The maximum absolute atomic E-state index is 5.71. The smallest absolute Gasteiger partial charge is 0.0240 e. The lowest BCUT2D eigenvalue weighted by Gasteiger charge is -2.29. The van der Waals surface area contributed by atoms with E-state index < -0.39 is 0 Å². The molecule has 0 bridgehead atoms. The molecule has 2 N–H and O–H groups in total. The highest BCUT2D eigenvalue weighted by Gasteiger charge is 2.16. The highest BCUT2D eigenvalue weighted by Crippen LogP contribution is 2.21. The quantitative estimate of drug-likeness (QED) is 0.922. The van der Waals surface area contributed by atoms with E-state index in [4.69, 9.17) is 5.73 Å². The molecule has 0 atom stereocenters. The molecule has 0 aromatic heterocycles. The van der Waals surface area contributed by atoms with E-state index in [0.717, 1.165) is 39.0 Å². The van der Waals surface area contributed by atoms with E-state index >= 15 is 0 Å². The number of fused-ring (bicyclic) bond motifs is 1. The van der Waals surface area contributed by atoms with Gasteiger partial charge in [-0.05, 0) is 41.6 Å². The van der Waals surface area contributed by atoms with Crippen molar-refractivity contribution in [3.8, 4) is 0 Å². The summed E-state index contributed by atoms with van der Waals surface area (Å²) in [6.07, 6.45) is 2.13. The van der Waals surface area contributed by atoms with Crippen molar-refractivity contribution in [1.29, 1.82) is 0 Å². The van der Waals surface area contributed by atoms with Gasteiger partial charge in [0.25, 0.3) is 0 Å². The first-order valence-electron chi connectivity index (χ1n) is 7.43. The summed E-state index contributed by atoms with van der Waals surface area (Å²) in [4.78, 5) is 2.54. The van der Waals surface area contributed by atoms with Gasteiger partial charge in [-0.25, -0.2) is 0 Å². The topological polar surface area (TPSA) is 29.3 Å². The zero-order valence-electron chi connectivity index (χ0n) is 11.9. The highest BCUT2D eigenvalue weighted by molar-refractivity contribution is 5.31. The third-order valence-corrected chi connectivity index (χ3v) is 4.14. The van der Waals surface area contributed by atoms with Gasteiger partial charge in [-0.2, -0.15) is 0 Å². The number of benzene rings is 2. The van der Waals surface area contributed by atoms with Crippen molar-refractivity contribution in [2.45, 2.75) is 25.9 Å². The van der Waals surface area contributed by atoms with Gasteiger partial charge in [0.15, 0.2) is 0 Å². The van der Waals surface area contributed by atoms with Crippen molar-refractivity contribution in [2.75, 3.05) is 13.1 Å². The van der Waals surface area contributed by atoms with Gasteiger partial charge in [0.2, 0.25) is 0 Å². The van der Waals surface area contributed by atoms with Crippen LogP contribution >= 0.6 is 0 Å². The van der Waals surface area contributed by atoms with Crippen molar-refractivity contribution in [2.24, 2.45) is 5.73 Å². The van der Waals surface area contributed by atoms with E-state index in [-0.39, 0.29) is 0 Å². The lowest BCUT2D eigenvalue weighted by atomic mass is 9.98. The van der Waals surface area contributed by atoms with Crippen LogP contribution in [0.1, 0.15) is 22.3 Å². The van der Waals surface area contributed by atoms with Crippen LogP contribution in [0.2, 0.25) is 0 Å². The zero-order valence-corrected chi connectivity index (χ0v) is 11.9. The van der Waals surface area contributed by atoms with Crippen LogP contribution in [-0.2, 0) is 25.9 Å². The van der Waals surface area contributed by atoms with Crippen LogP contribution in [0.5, 0.6) is 0 Å². The highest BCUT2D eigenvalue weighted by atomic mass is 15.1. The van der Waals surface area contributed by atoms with E-state index in [1.807, 2.05) is 0 Å². The standard InChI is InChI=1S/C18H22N2/c19-11-9-15-5-1-3-7-17(15)13-20-12-10-16-6-2-4-8-18(16)14-20/h1-8H,9-14,19H2. The Hall–Kier alpha value is -1.64. The van der Waals surface area contributed by atoms with Crippen LogP contribution in [0.4, 0.5) is 0 Å². The van der Waals surface area contributed by atoms with Crippen LogP contribution in [0, 0.1) is 0 Å². The summed E-state index contributed by atoms with van der Waals surface area (Å²) in [7, 11) is 0. The number of hydrogen-bond acceptors (Lipinski definition) is 2. The average molecular weight is 266 g/mol. The summed E-state index contributed by atoms with van der Waals surface area (Å²) in [6.45, 7) is 3.96. The van der Waals surface area contributed by atoms with E-state index in [1.54, 1.807) is 0 Å². The predicted octanol–water partition coefficient (Wildman–Crippen LogP) is 2.75. The molecule has 0 unspecified atom stereocenters. The Morgan fingerprint density at radius 2 is 1.60 bits per heavy atom. The van der Waals surface area contributed by atoms with Crippen molar-refractivity contribution in [3.63, 3.8) is 0 Å². The van der Waals surface area contributed by atoms with E-state index in [9.17, 15) is 0 Å². The molecule has 0 saturated heterocycles. The van der Waals surface area contributed by atoms with E-state index in [1.165, 1.54) is 22.3 Å². The first-order valence-corrected chi connectivity index (χ1v) is 7.43. The number of hydrogen-bond donors (Lipinski definition) is 1. The molecule has 0 aliphatic carbocycles. The minimum atomic E-state index is 0.722. The molecular formula is C18H22N2. The second kappa shape index (κ2) is 6.21. The van der Waals surface area contributed by atoms with Gasteiger partial charge in [-0.15, -0.1) is 0 Å². The summed E-state index contributed by atoms with van der Waals surface area (Å²) < 4.78 is 0. The lowest BCUT2D eigenvalue weighted by Crippen LogP contribution is -2.30. The van der Waals surface area contributed by atoms with Crippen LogP contribution in [0.3, 0.4) is 0 Å². The first kappa shape index (κ1) is 13.3. The largest absolute Gasteiger partial charge is 0.330 e. The molecule has 2 heteroatoms. The molecule has 0 spiro atoms. The van der Waals surface area contributed by atoms with E-state index in [0.29, 0.717) is 0 Å². The molecule has 0 fully saturated rings. The molecule has 0 radical (unpaired) electrons. The van der Waals surface area contributed by atoms with E-state index in [2.05, 4.69) is 53.4 Å². The fourth-order valence-electron chi connectivity index (χ4n) is 3.04. The van der Waals surface area contributed by atoms with Crippen LogP contribution in [0.25, 0.3) is 0 Å². The fourth-order valence-corrected chi connectivity index (χ4v) is 3.04. The molecule has 20 heavy (non-hydrogen) atoms. The lowest BCUT2D eigenvalue weighted by molar-refractivity contribution is 0.245. The van der Waals surface area contributed by atoms with Crippen molar-refractivity contribution in [3.05, 3.63) is 70.8 Å². The minimum absolute atomic E-state index is 0.722. The Morgan fingerprint density at radius 3 is 2.40 bits per heavy atom. The molecule has 0 amide bonds. The maximum atomic E-state index is 5.71. The summed E-state index contributed by atoms with van der Waals surface area (Å²) >= 11 is 0. The van der Waals surface area contributed by atoms with Gasteiger partial charge in [-0.3, -0.25) is 4.90 Å². The number of rotatable bonds is 4. The SMILES string of the molecule is NCCc1ccccc1CN1CCc2ccccc2C1. The summed E-state index contributed by atoms with van der Waals surface area (Å²) in [5.74, 6) is 0. The Kier molecular flexibility index (Phi) is 4.14. The number of nitrogens with two attached hydrogens (primary N) is 1. The second-order valence-electron chi connectivity index (χ2n) is 5.54. The third kappa shape index (κ3) is 2.92. The molecule has 2 nitrogen and oxygen atoms in total. The van der Waals surface area contributed by atoms with Crippen molar-refractivity contribution >= 4 is 0 Å². The summed E-state index contributed by atoms with van der Waals surface area (Å²) in [6, 6.07) is 17.5. The molecule has 1 aliphatic rings. The van der Waals surface area contributed by atoms with Gasteiger partial charge in [0.1, 0.15) is 0 Å². The minimum Gasteiger partial charge on any atom is -0.330 e. The molecular weight excluding hydrogens is 244 g/mol. The van der Waals surface area contributed by atoms with Gasteiger partial charge >= 0.3 is 0 Å². The Morgan fingerprint density at radius 1 is 0.900 bits per heavy atom. The van der Waals surface area contributed by atoms with Crippen LogP contribution in [-0.4, -0.2) is 18.0 Å². The molecule has 2 aromatic carbocycles. The first-order chi connectivity index (χ1) is 9.86. The summed E-state index contributed by atoms with van der Waals surface area (Å²) in [5.41, 5.74) is 11.5. The normalized spacial score (nSPS) is 15.1. The molecule has 2 aromatic rings. The molecule has 3 rings (SSSR count). The fraction of sp³-hybridized carbons (Fsp3) is 0.333. The van der Waals surface area contributed by atoms with Gasteiger partial charge in [0.05, 0.1) is 0 Å². The van der Waals surface area contributed by atoms with Gasteiger partial charge in [-0.1, -0.05) is 48.5 Å². The molecule has 0 saturated carbocycles. The Bertz CT molecular complexity index is 577. The van der Waals surface area contributed by atoms with Crippen LogP contribution in [0.15, 0.2) is 48.5 Å². The van der Waals surface area contributed by atoms with Crippen molar-refractivity contribution in [1.82, 2.24) is 4.90 Å². The maximum Gasteiger partial charge on any atom is 0.0240 e. The Labute approximate surface area is 121 Å².